The van der Waals surface area contributed by atoms with Crippen LogP contribution in [0.25, 0.3) is 0 Å². The van der Waals surface area contributed by atoms with E-state index in [-0.39, 0.29) is 24.3 Å². The fourth-order valence-electron chi connectivity index (χ4n) is 1.72. The smallest absolute Gasteiger partial charge is 0.239 e. The molecule has 100 valence electrons. The van der Waals surface area contributed by atoms with E-state index in [1.165, 1.54) is 12.1 Å². The Labute approximate surface area is 107 Å². The van der Waals surface area contributed by atoms with E-state index in [1.54, 1.807) is 6.07 Å². The van der Waals surface area contributed by atoms with Crippen molar-refractivity contribution in [2.24, 2.45) is 0 Å². The van der Waals surface area contributed by atoms with Crippen molar-refractivity contribution in [3.63, 3.8) is 0 Å². The summed E-state index contributed by atoms with van der Waals surface area (Å²) in [6, 6.07) is 4.30. The Bertz CT molecular complexity index is 421. The molecular formula is C13H20FN3O. The van der Waals surface area contributed by atoms with Crippen LogP contribution in [-0.2, 0) is 4.79 Å². The normalized spacial score (nSPS) is 10.5. The number of likely N-dealkylation sites (N-methyl/N-ethyl adjacent to an activating group) is 1. The second-order valence-corrected chi connectivity index (χ2v) is 4.44. The Morgan fingerprint density at radius 1 is 1.50 bits per heavy atom. The van der Waals surface area contributed by atoms with Crippen molar-refractivity contribution in [1.82, 2.24) is 5.32 Å². The Balaban J connectivity index is 2.80. The number of rotatable bonds is 5. The van der Waals surface area contributed by atoms with Gasteiger partial charge in [-0.3, -0.25) is 4.79 Å². The molecule has 1 rings (SSSR count). The quantitative estimate of drug-likeness (QED) is 0.786. The summed E-state index contributed by atoms with van der Waals surface area (Å²) in [6.45, 7) is 6.57. The maximum atomic E-state index is 13.0. The number of benzene rings is 1. The third kappa shape index (κ3) is 3.91. The molecule has 0 radical (unpaired) electrons. The van der Waals surface area contributed by atoms with Crippen molar-refractivity contribution in [3.8, 4) is 0 Å². The lowest BCUT2D eigenvalue weighted by Crippen LogP contribution is -2.40. The van der Waals surface area contributed by atoms with Gasteiger partial charge in [0.15, 0.2) is 0 Å². The lowest BCUT2D eigenvalue weighted by Gasteiger charge is -2.24. The van der Waals surface area contributed by atoms with Crippen molar-refractivity contribution < 1.29 is 9.18 Å². The highest BCUT2D eigenvalue weighted by Gasteiger charge is 2.13. The summed E-state index contributed by atoms with van der Waals surface area (Å²) in [6.07, 6.45) is 0. The van der Waals surface area contributed by atoms with Crippen LogP contribution >= 0.6 is 0 Å². The van der Waals surface area contributed by atoms with Gasteiger partial charge >= 0.3 is 0 Å². The number of nitrogens with two attached hydrogens (primary N) is 1. The van der Waals surface area contributed by atoms with Gasteiger partial charge in [0.2, 0.25) is 5.91 Å². The Kier molecular flexibility index (Phi) is 4.95. The van der Waals surface area contributed by atoms with Crippen LogP contribution in [0.15, 0.2) is 18.2 Å². The molecule has 0 unspecified atom stereocenters. The summed E-state index contributed by atoms with van der Waals surface area (Å²) in [5.74, 6) is -0.450. The molecule has 1 aromatic carbocycles. The number of amides is 1. The second-order valence-electron chi connectivity index (χ2n) is 4.44. The zero-order valence-electron chi connectivity index (χ0n) is 11.0. The molecule has 0 bridgehead atoms. The van der Waals surface area contributed by atoms with Crippen LogP contribution in [0.2, 0.25) is 0 Å². The number of nitrogens with zero attached hydrogens (tertiary/aromatic N) is 1. The molecule has 5 heteroatoms. The zero-order valence-corrected chi connectivity index (χ0v) is 11.0. The van der Waals surface area contributed by atoms with E-state index in [1.807, 2.05) is 25.7 Å². The molecule has 0 aliphatic heterocycles. The monoisotopic (exact) mass is 253 g/mol. The molecule has 0 spiro atoms. The van der Waals surface area contributed by atoms with Crippen molar-refractivity contribution in [1.29, 1.82) is 0 Å². The highest BCUT2D eigenvalue weighted by molar-refractivity contribution is 5.83. The van der Waals surface area contributed by atoms with Gasteiger partial charge in [0.1, 0.15) is 5.82 Å². The molecule has 0 atom stereocenters. The first-order valence-corrected chi connectivity index (χ1v) is 6.03. The molecule has 4 nitrogen and oxygen atoms in total. The lowest BCUT2D eigenvalue weighted by atomic mass is 10.2. The number of carbonyl (C=O) groups is 1. The summed E-state index contributed by atoms with van der Waals surface area (Å²) >= 11 is 0. The zero-order chi connectivity index (χ0) is 13.7. The summed E-state index contributed by atoms with van der Waals surface area (Å²) in [5, 5.41) is 2.81. The first-order valence-electron chi connectivity index (χ1n) is 6.03. The van der Waals surface area contributed by atoms with E-state index >= 15 is 0 Å². The molecular weight excluding hydrogens is 233 g/mol. The molecule has 0 aliphatic carbocycles. The van der Waals surface area contributed by atoms with Crippen LogP contribution in [0.4, 0.5) is 15.8 Å². The number of hydrogen-bond acceptors (Lipinski definition) is 3. The van der Waals surface area contributed by atoms with Gasteiger partial charge in [0.05, 0.1) is 17.9 Å². The maximum absolute atomic E-state index is 13.0. The Hall–Kier alpha value is -1.78. The van der Waals surface area contributed by atoms with Crippen LogP contribution in [0.3, 0.4) is 0 Å². The van der Waals surface area contributed by atoms with E-state index < -0.39 is 0 Å². The summed E-state index contributed by atoms with van der Waals surface area (Å²) in [7, 11) is 0. The van der Waals surface area contributed by atoms with Crippen molar-refractivity contribution in [2.75, 3.05) is 23.7 Å². The molecule has 0 saturated carbocycles. The molecule has 18 heavy (non-hydrogen) atoms. The fourth-order valence-corrected chi connectivity index (χ4v) is 1.72. The highest BCUT2D eigenvalue weighted by Crippen LogP contribution is 2.23. The highest BCUT2D eigenvalue weighted by atomic mass is 19.1. The third-order valence-electron chi connectivity index (χ3n) is 2.50. The molecule has 1 aromatic rings. The number of halogens is 1. The first kappa shape index (κ1) is 14.3. The average Bonchev–Trinajstić information content (AvgIpc) is 2.25. The molecule has 0 aliphatic rings. The van der Waals surface area contributed by atoms with Crippen molar-refractivity contribution in [2.45, 2.75) is 26.8 Å². The number of anilines is 2. The number of nitrogens with one attached hydrogen (secondary N) is 1. The largest absolute Gasteiger partial charge is 0.397 e. The van der Waals surface area contributed by atoms with Crippen LogP contribution in [0, 0.1) is 5.82 Å². The van der Waals surface area contributed by atoms with E-state index in [9.17, 15) is 9.18 Å². The van der Waals surface area contributed by atoms with E-state index in [0.717, 1.165) is 0 Å². The second kappa shape index (κ2) is 6.23. The minimum atomic E-state index is -0.376. The third-order valence-corrected chi connectivity index (χ3v) is 2.50. The molecule has 0 saturated heterocycles. The van der Waals surface area contributed by atoms with Gasteiger partial charge in [0, 0.05) is 12.6 Å². The molecule has 0 fully saturated rings. The molecule has 1 amide bonds. The molecule has 0 heterocycles. The number of hydrogen-bond donors (Lipinski definition) is 2. The van der Waals surface area contributed by atoms with Gasteiger partial charge < -0.3 is 16.0 Å². The van der Waals surface area contributed by atoms with Crippen LogP contribution < -0.4 is 16.0 Å². The molecule has 0 aromatic heterocycles. The SMILES string of the molecule is CCN(CC(=O)NC(C)C)c1ccc(F)cc1N. The van der Waals surface area contributed by atoms with E-state index in [2.05, 4.69) is 5.32 Å². The van der Waals surface area contributed by atoms with Gasteiger partial charge in [0.25, 0.3) is 0 Å². The summed E-state index contributed by atoms with van der Waals surface area (Å²) < 4.78 is 13.0. The Morgan fingerprint density at radius 2 is 2.17 bits per heavy atom. The predicted octanol–water partition coefficient (Wildman–Crippen LogP) is 1.76. The van der Waals surface area contributed by atoms with Gasteiger partial charge in [-0.05, 0) is 39.0 Å². The van der Waals surface area contributed by atoms with Gasteiger partial charge in [-0.25, -0.2) is 4.39 Å². The average molecular weight is 253 g/mol. The van der Waals surface area contributed by atoms with Gasteiger partial charge in [-0.2, -0.15) is 0 Å². The standard InChI is InChI=1S/C13H20FN3O/c1-4-17(8-13(18)16-9(2)3)12-6-5-10(14)7-11(12)15/h5-7,9H,4,8,15H2,1-3H3,(H,16,18). The summed E-state index contributed by atoms with van der Waals surface area (Å²) in [5.41, 5.74) is 6.78. The van der Waals surface area contributed by atoms with Crippen LogP contribution in [-0.4, -0.2) is 25.0 Å². The first-order chi connectivity index (χ1) is 8.43. The van der Waals surface area contributed by atoms with Crippen molar-refractivity contribution >= 4 is 17.3 Å². The number of nitrogen functional groups attached to an aromatic ring is 1. The van der Waals surface area contributed by atoms with Gasteiger partial charge in [-0.1, -0.05) is 0 Å². The lowest BCUT2D eigenvalue weighted by molar-refractivity contribution is -0.120. The van der Waals surface area contributed by atoms with Crippen LogP contribution in [0.1, 0.15) is 20.8 Å². The fraction of sp³-hybridized carbons (Fsp3) is 0.462. The minimum Gasteiger partial charge on any atom is -0.397 e. The Morgan fingerprint density at radius 3 is 2.67 bits per heavy atom. The van der Waals surface area contributed by atoms with Crippen LogP contribution in [0.5, 0.6) is 0 Å². The molecule has 3 N–H and O–H groups in total. The van der Waals surface area contributed by atoms with E-state index in [0.29, 0.717) is 17.9 Å². The summed E-state index contributed by atoms with van der Waals surface area (Å²) in [4.78, 5) is 13.5. The van der Waals surface area contributed by atoms with Crippen molar-refractivity contribution in [3.05, 3.63) is 24.0 Å². The topological polar surface area (TPSA) is 58.4 Å². The predicted molar refractivity (Wildman–Crippen MR) is 72.0 cm³/mol. The maximum Gasteiger partial charge on any atom is 0.239 e. The van der Waals surface area contributed by atoms with Gasteiger partial charge in [-0.15, -0.1) is 0 Å². The number of carbonyl (C=O) groups excluding carboxylic acids is 1. The van der Waals surface area contributed by atoms with E-state index in [4.69, 9.17) is 5.73 Å². The minimum absolute atomic E-state index is 0.0735.